The Balaban J connectivity index is 4.59. The minimum atomic E-state index is -3.66. The second-order valence-electron chi connectivity index (χ2n) is 5.00. The molecule has 0 bridgehead atoms. The third-order valence-corrected chi connectivity index (χ3v) is 11.3. The van der Waals surface area contributed by atoms with E-state index in [0.717, 1.165) is 0 Å². The molecule has 104 valence electrons. The molecule has 17 heavy (non-hydrogen) atoms. The van der Waals surface area contributed by atoms with Gasteiger partial charge in [0, 0.05) is 13.1 Å². The summed E-state index contributed by atoms with van der Waals surface area (Å²) in [5, 5.41) is 0. The van der Waals surface area contributed by atoms with Gasteiger partial charge in [0.1, 0.15) is 0 Å². The maximum atomic E-state index is 9.88. The molecule has 7 nitrogen and oxygen atoms in total. The highest BCUT2D eigenvalue weighted by molar-refractivity contribution is 6.82. The highest BCUT2D eigenvalue weighted by Gasteiger charge is 2.48. The first-order chi connectivity index (χ1) is 7.12. The molecule has 2 unspecified atom stereocenters. The summed E-state index contributed by atoms with van der Waals surface area (Å²) in [5.41, 5.74) is 0. The van der Waals surface area contributed by atoms with E-state index in [9.17, 15) is 19.2 Å². The minimum Gasteiger partial charge on any atom is -0.411 e. The van der Waals surface area contributed by atoms with Crippen LogP contribution in [0.15, 0.2) is 0 Å². The first kappa shape index (κ1) is 17.6. The van der Waals surface area contributed by atoms with E-state index in [1.807, 2.05) is 0 Å². The summed E-state index contributed by atoms with van der Waals surface area (Å²) in [4.78, 5) is 38.9. The zero-order chi connectivity index (χ0) is 14.1. The maximum absolute atomic E-state index is 9.88. The summed E-state index contributed by atoms with van der Waals surface area (Å²) in [6, 6.07) is 0. The highest BCUT2D eigenvalue weighted by Crippen LogP contribution is 2.18. The normalized spacial score (nSPS) is 20.8. The summed E-state index contributed by atoms with van der Waals surface area (Å²) < 4.78 is 15.2. The molecule has 0 fully saturated rings. The third-order valence-electron chi connectivity index (χ3n) is 1.26. The van der Waals surface area contributed by atoms with Crippen LogP contribution in [0.25, 0.3) is 0 Å². The average molecular weight is 319 g/mol. The Bertz CT molecular complexity index is 230. The molecule has 0 aliphatic rings. The molecule has 0 spiro atoms. The molecular formula is C6H22O7Si4. The molecule has 0 aliphatic heterocycles. The molecular weight excluding hydrogens is 296 g/mol. The van der Waals surface area contributed by atoms with E-state index < -0.39 is 34.7 Å². The van der Waals surface area contributed by atoms with Crippen molar-refractivity contribution in [1.82, 2.24) is 0 Å². The van der Waals surface area contributed by atoms with Gasteiger partial charge in [0.2, 0.25) is 0 Å². The molecule has 0 aromatic carbocycles. The Labute approximate surface area is 106 Å². The molecule has 0 rings (SSSR count). The van der Waals surface area contributed by atoms with Gasteiger partial charge in [-0.2, -0.15) is 0 Å². The summed E-state index contributed by atoms with van der Waals surface area (Å²) in [7, 11) is -13.2. The van der Waals surface area contributed by atoms with Crippen molar-refractivity contribution in [3.8, 4) is 0 Å². The fourth-order valence-corrected chi connectivity index (χ4v) is 12.6. The Hall–Kier alpha value is 0.588. The second-order valence-corrected chi connectivity index (χ2v) is 16.8. The van der Waals surface area contributed by atoms with Crippen LogP contribution >= 0.6 is 0 Å². The third kappa shape index (κ3) is 10.2. The molecule has 4 N–H and O–H groups in total. The van der Waals surface area contributed by atoms with Gasteiger partial charge in [0.05, 0.1) is 0 Å². The smallest absolute Gasteiger partial charge is 0.411 e. The summed E-state index contributed by atoms with van der Waals surface area (Å²) in [5.74, 6) is 0. The van der Waals surface area contributed by atoms with Crippen LogP contribution in [-0.4, -0.2) is 53.9 Å². The molecule has 0 saturated heterocycles. The lowest BCUT2D eigenvalue weighted by molar-refractivity contribution is 0.156. The van der Waals surface area contributed by atoms with Crippen molar-refractivity contribution in [2.24, 2.45) is 0 Å². The predicted molar refractivity (Wildman–Crippen MR) is 70.3 cm³/mol. The van der Waals surface area contributed by atoms with Crippen LogP contribution < -0.4 is 0 Å². The van der Waals surface area contributed by atoms with Crippen LogP contribution in [0.3, 0.4) is 0 Å². The van der Waals surface area contributed by atoms with Crippen molar-refractivity contribution in [2.75, 3.05) is 0 Å². The monoisotopic (exact) mass is 318 g/mol. The number of hydrogen-bond acceptors (Lipinski definition) is 7. The topological polar surface area (TPSA) is 109 Å². The molecule has 2 atom stereocenters. The molecule has 0 radical (unpaired) electrons. The quantitative estimate of drug-likeness (QED) is 0.491. The summed E-state index contributed by atoms with van der Waals surface area (Å²) in [6.07, 6.45) is 0. The molecule has 0 aliphatic carbocycles. The van der Waals surface area contributed by atoms with Gasteiger partial charge in [-0.1, -0.05) is 0 Å². The largest absolute Gasteiger partial charge is 0.478 e. The van der Waals surface area contributed by atoms with Crippen LogP contribution in [0.1, 0.15) is 0 Å². The number of hydrogen-bond donors (Lipinski definition) is 4. The minimum absolute atomic E-state index is 1.29. The van der Waals surface area contributed by atoms with Crippen LogP contribution in [-0.2, 0) is 12.3 Å². The van der Waals surface area contributed by atoms with Gasteiger partial charge in [-0.3, -0.25) is 0 Å². The standard InChI is InChI=1S/C6H22O7Si4/c1-14(2,7)11-16(5,9)13-17(6,10)12-15(3,4)8/h7-10H,1-6H3. The van der Waals surface area contributed by atoms with Crippen molar-refractivity contribution in [2.45, 2.75) is 39.3 Å². The van der Waals surface area contributed by atoms with Gasteiger partial charge in [-0.05, 0) is 26.2 Å². The zero-order valence-corrected chi connectivity index (χ0v) is 15.0. The van der Waals surface area contributed by atoms with E-state index in [-0.39, 0.29) is 0 Å². The molecule has 0 aromatic rings. The lowest BCUT2D eigenvalue weighted by atomic mass is 11.9. The van der Waals surface area contributed by atoms with Crippen molar-refractivity contribution < 1.29 is 31.5 Å². The molecule has 0 amide bonds. The molecule has 11 heteroatoms. The van der Waals surface area contributed by atoms with Gasteiger partial charge < -0.3 is 31.5 Å². The first-order valence-corrected chi connectivity index (χ1v) is 15.4. The van der Waals surface area contributed by atoms with Gasteiger partial charge in [0.25, 0.3) is 0 Å². The van der Waals surface area contributed by atoms with E-state index in [1.165, 1.54) is 39.3 Å². The van der Waals surface area contributed by atoms with E-state index in [1.54, 1.807) is 0 Å². The maximum Gasteiger partial charge on any atom is 0.478 e. The lowest BCUT2D eigenvalue weighted by Crippen LogP contribution is -2.59. The summed E-state index contributed by atoms with van der Waals surface area (Å²) in [6.45, 7) is 8.46. The Morgan fingerprint density at radius 1 is 0.529 bits per heavy atom. The van der Waals surface area contributed by atoms with Gasteiger partial charge in [0.15, 0.2) is 0 Å². The van der Waals surface area contributed by atoms with Crippen molar-refractivity contribution in [3.63, 3.8) is 0 Å². The predicted octanol–water partition coefficient (Wildman–Crippen LogP) is -0.454. The first-order valence-electron chi connectivity index (χ1n) is 5.12. The second kappa shape index (κ2) is 5.30. The van der Waals surface area contributed by atoms with Crippen LogP contribution in [0, 0.1) is 0 Å². The van der Waals surface area contributed by atoms with E-state index >= 15 is 0 Å². The zero-order valence-electron chi connectivity index (χ0n) is 11.0. The lowest BCUT2D eigenvalue weighted by Gasteiger charge is -2.34. The van der Waals surface area contributed by atoms with E-state index in [0.29, 0.717) is 0 Å². The average Bonchev–Trinajstić information content (AvgIpc) is 1.65. The Kier molecular flexibility index (Phi) is 5.48. The van der Waals surface area contributed by atoms with Gasteiger partial charge in [-0.25, -0.2) is 0 Å². The summed E-state index contributed by atoms with van der Waals surface area (Å²) >= 11 is 0. The highest BCUT2D eigenvalue weighted by atomic mass is 28.5. The fraction of sp³-hybridized carbons (Fsp3) is 1.00. The molecule has 0 heterocycles. The van der Waals surface area contributed by atoms with Crippen molar-refractivity contribution in [1.29, 1.82) is 0 Å². The Morgan fingerprint density at radius 2 is 0.765 bits per heavy atom. The number of rotatable bonds is 6. The molecule has 0 saturated carbocycles. The van der Waals surface area contributed by atoms with Crippen LogP contribution in [0.2, 0.25) is 39.3 Å². The molecule has 0 aromatic heterocycles. The van der Waals surface area contributed by atoms with E-state index in [2.05, 4.69) is 0 Å². The van der Waals surface area contributed by atoms with Crippen LogP contribution in [0.4, 0.5) is 0 Å². The fourth-order valence-electron chi connectivity index (χ4n) is 1.32. The van der Waals surface area contributed by atoms with Crippen LogP contribution in [0.5, 0.6) is 0 Å². The van der Waals surface area contributed by atoms with Gasteiger partial charge >= 0.3 is 34.7 Å². The Morgan fingerprint density at radius 3 is 0.941 bits per heavy atom. The van der Waals surface area contributed by atoms with Gasteiger partial charge in [-0.15, -0.1) is 0 Å². The van der Waals surface area contributed by atoms with Crippen molar-refractivity contribution >= 4 is 34.7 Å². The SMILES string of the molecule is C[Si](C)(O)O[Si](C)(O)O[Si](C)(O)O[Si](C)(C)O. The van der Waals surface area contributed by atoms with Crippen molar-refractivity contribution in [3.05, 3.63) is 0 Å². The van der Waals surface area contributed by atoms with E-state index in [4.69, 9.17) is 12.3 Å².